The van der Waals surface area contributed by atoms with Crippen LogP contribution in [0.5, 0.6) is 0 Å². The molecule has 1 rings (SSSR count). The van der Waals surface area contributed by atoms with E-state index in [-0.39, 0.29) is 3.70 Å². The largest absolute Gasteiger partial charge is 0.331 e. The lowest BCUT2D eigenvalue weighted by atomic mass is 10.6. The van der Waals surface area contributed by atoms with E-state index in [1.165, 1.54) is 14.1 Å². The van der Waals surface area contributed by atoms with E-state index in [9.17, 15) is 14.0 Å². The lowest BCUT2D eigenvalue weighted by molar-refractivity contribution is 0.529. The normalized spacial score (nSPS) is 10.3. The Morgan fingerprint density at radius 3 is 2.25 bits per heavy atom. The molecule has 0 aliphatic rings. The van der Waals surface area contributed by atoms with Crippen LogP contribution in [0.1, 0.15) is 0 Å². The fourth-order valence-corrected chi connectivity index (χ4v) is 1.22. The lowest BCUT2D eigenvalue weighted by Gasteiger charge is -2.04. The quantitative estimate of drug-likeness (QED) is 0.490. The maximum absolute atomic E-state index is 12.9. The molecule has 1 heterocycles. The summed E-state index contributed by atoms with van der Waals surface area (Å²) in [5, 5.41) is 0. The molecule has 0 saturated carbocycles. The first-order chi connectivity index (χ1) is 5.46. The molecule has 0 unspecified atom stereocenters. The fraction of sp³-hybridized carbons (Fsp3) is 0.333. The molecule has 0 radical (unpaired) electrons. The van der Waals surface area contributed by atoms with Gasteiger partial charge >= 0.3 is 5.69 Å². The van der Waals surface area contributed by atoms with Gasteiger partial charge in [0, 0.05) is 14.1 Å². The van der Waals surface area contributed by atoms with Crippen LogP contribution in [-0.4, -0.2) is 9.13 Å². The molecule has 0 N–H and O–H groups in total. The van der Waals surface area contributed by atoms with Crippen LogP contribution in [0.25, 0.3) is 0 Å². The average Bonchev–Trinajstić information content (AvgIpc) is 2.08. The van der Waals surface area contributed by atoms with Crippen LogP contribution in [0.3, 0.4) is 0 Å². The summed E-state index contributed by atoms with van der Waals surface area (Å²) in [7, 11) is 2.65. The second kappa shape index (κ2) is 3.00. The third kappa shape index (κ3) is 1.19. The third-order valence-electron chi connectivity index (χ3n) is 1.54. The van der Waals surface area contributed by atoms with E-state index in [2.05, 4.69) is 0 Å². The SMILES string of the molecule is Cn1c(I)c(F)c(=O)n(C)c1=O. The highest BCUT2D eigenvalue weighted by atomic mass is 127. The van der Waals surface area contributed by atoms with Gasteiger partial charge in [-0.3, -0.25) is 13.9 Å². The average molecular weight is 284 g/mol. The van der Waals surface area contributed by atoms with Gasteiger partial charge in [-0.1, -0.05) is 0 Å². The number of rotatable bonds is 0. The van der Waals surface area contributed by atoms with E-state index in [0.29, 0.717) is 0 Å². The van der Waals surface area contributed by atoms with Gasteiger partial charge in [-0.15, -0.1) is 0 Å². The Balaban J connectivity index is 3.86. The van der Waals surface area contributed by atoms with Crippen molar-refractivity contribution in [3.05, 3.63) is 30.4 Å². The van der Waals surface area contributed by atoms with Crippen molar-refractivity contribution in [2.75, 3.05) is 0 Å². The van der Waals surface area contributed by atoms with Crippen LogP contribution in [0.15, 0.2) is 9.59 Å². The van der Waals surface area contributed by atoms with Gasteiger partial charge in [0.2, 0.25) is 5.82 Å². The van der Waals surface area contributed by atoms with Crippen molar-refractivity contribution in [3.63, 3.8) is 0 Å². The Morgan fingerprint density at radius 2 is 1.75 bits per heavy atom. The Morgan fingerprint density at radius 1 is 1.25 bits per heavy atom. The first-order valence-corrected chi connectivity index (χ1v) is 4.15. The second-order valence-electron chi connectivity index (χ2n) is 2.31. The van der Waals surface area contributed by atoms with Crippen LogP contribution >= 0.6 is 22.6 Å². The minimum Gasteiger partial charge on any atom is -0.289 e. The maximum Gasteiger partial charge on any atom is 0.331 e. The minimum absolute atomic E-state index is 0.0284. The number of hydrogen-bond acceptors (Lipinski definition) is 2. The van der Waals surface area contributed by atoms with Gasteiger partial charge in [-0.25, -0.2) is 4.79 Å². The van der Waals surface area contributed by atoms with Crippen molar-refractivity contribution in [1.82, 2.24) is 9.13 Å². The highest BCUT2D eigenvalue weighted by Gasteiger charge is 2.11. The molecule has 0 saturated heterocycles. The molecule has 6 heteroatoms. The summed E-state index contributed by atoms with van der Waals surface area (Å²) in [5.74, 6) is -0.889. The number of hydrogen-bond donors (Lipinski definition) is 0. The smallest absolute Gasteiger partial charge is 0.289 e. The van der Waals surface area contributed by atoms with Crippen LogP contribution < -0.4 is 11.2 Å². The summed E-state index contributed by atoms with van der Waals surface area (Å²) in [6.07, 6.45) is 0. The van der Waals surface area contributed by atoms with Crippen LogP contribution in [0.2, 0.25) is 0 Å². The molecule has 12 heavy (non-hydrogen) atoms. The molecule has 4 nitrogen and oxygen atoms in total. The molecule has 66 valence electrons. The van der Waals surface area contributed by atoms with Gasteiger partial charge < -0.3 is 0 Å². The van der Waals surface area contributed by atoms with Crippen molar-refractivity contribution in [1.29, 1.82) is 0 Å². The van der Waals surface area contributed by atoms with Gasteiger partial charge in [-0.2, -0.15) is 4.39 Å². The summed E-state index contributed by atoms with van der Waals surface area (Å²) in [4.78, 5) is 22.0. The molecule has 1 aromatic rings. The lowest BCUT2D eigenvalue weighted by Crippen LogP contribution is -2.40. The molecule has 0 aliphatic heterocycles. The van der Waals surface area contributed by atoms with Crippen LogP contribution in [0, 0.1) is 9.52 Å². The van der Waals surface area contributed by atoms with Crippen molar-refractivity contribution < 1.29 is 4.39 Å². The predicted molar refractivity (Wildman–Crippen MR) is 49.6 cm³/mol. The Labute approximate surface area is 80.8 Å². The summed E-state index contributed by atoms with van der Waals surface area (Å²) in [6, 6.07) is 0. The second-order valence-corrected chi connectivity index (χ2v) is 3.33. The Bertz CT molecular complexity index is 397. The first-order valence-electron chi connectivity index (χ1n) is 3.08. The van der Waals surface area contributed by atoms with Crippen molar-refractivity contribution in [3.8, 4) is 0 Å². The maximum atomic E-state index is 12.9. The summed E-state index contributed by atoms with van der Waals surface area (Å²) in [5.41, 5.74) is -1.41. The van der Waals surface area contributed by atoms with Crippen molar-refractivity contribution in [2.24, 2.45) is 14.1 Å². The topological polar surface area (TPSA) is 44.0 Å². The molecule has 0 fully saturated rings. The first kappa shape index (κ1) is 9.43. The van der Waals surface area contributed by atoms with E-state index < -0.39 is 17.1 Å². The molecule has 1 aromatic heterocycles. The zero-order valence-corrected chi connectivity index (χ0v) is 8.62. The van der Waals surface area contributed by atoms with Gasteiger partial charge in [-0.05, 0) is 22.6 Å². The Hall–Kier alpha value is -0.660. The van der Waals surface area contributed by atoms with Gasteiger partial charge in [0.05, 0.1) is 0 Å². The predicted octanol–water partition coefficient (Wildman–Crippen LogP) is -0.172. The summed E-state index contributed by atoms with van der Waals surface area (Å²) in [6.45, 7) is 0. The number of nitrogens with zero attached hydrogens (tertiary/aromatic N) is 2. The highest BCUT2D eigenvalue weighted by molar-refractivity contribution is 14.1. The minimum atomic E-state index is -0.889. The molecule has 0 atom stereocenters. The summed E-state index contributed by atoms with van der Waals surface area (Å²) < 4.78 is 14.8. The van der Waals surface area contributed by atoms with Gasteiger partial charge in [0.1, 0.15) is 3.70 Å². The Kier molecular flexibility index (Phi) is 2.36. The summed E-state index contributed by atoms with van der Waals surface area (Å²) >= 11 is 1.61. The zero-order valence-electron chi connectivity index (χ0n) is 6.47. The number of aromatic nitrogens is 2. The molecular weight excluding hydrogens is 278 g/mol. The highest BCUT2D eigenvalue weighted by Crippen LogP contribution is 2.01. The van der Waals surface area contributed by atoms with Gasteiger partial charge in [0.25, 0.3) is 5.56 Å². The van der Waals surface area contributed by atoms with E-state index in [0.717, 1.165) is 9.13 Å². The van der Waals surface area contributed by atoms with E-state index in [1.54, 1.807) is 22.6 Å². The third-order valence-corrected chi connectivity index (χ3v) is 2.74. The van der Waals surface area contributed by atoms with E-state index in [1.807, 2.05) is 0 Å². The van der Waals surface area contributed by atoms with E-state index in [4.69, 9.17) is 0 Å². The molecule has 0 spiro atoms. The number of halogens is 2. The molecule has 0 bridgehead atoms. The zero-order chi connectivity index (χ0) is 9.46. The van der Waals surface area contributed by atoms with Crippen molar-refractivity contribution >= 4 is 22.6 Å². The van der Waals surface area contributed by atoms with Crippen molar-refractivity contribution in [2.45, 2.75) is 0 Å². The molecule has 0 aliphatic carbocycles. The molecule has 0 aromatic carbocycles. The van der Waals surface area contributed by atoms with Gasteiger partial charge in [0.15, 0.2) is 0 Å². The standard InChI is InChI=1S/C6H6FIN2O2/c1-9-4(8)3(7)5(11)10(2)6(9)12/h1-2H3. The fourth-order valence-electron chi connectivity index (χ4n) is 0.779. The monoisotopic (exact) mass is 284 g/mol. The molecule has 0 amide bonds. The van der Waals surface area contributed by atoms with Crippen LogP contribution in [-0.2, 0) is 14.1 Å². The van der Waals surface area contributed by atoms with Crippen LogP contribution in [0.4, 0.5) is 4.39 Å². The molecular formula is C6H6FIN2O2. The van der Waals surface area contributed by atoms with E-state index >= 15 is 0 Å².